The van der Waals surface area contributed by atoms with Crippen molar-refractivity contribution in [1.82, 2.24) is 4.90 Å². The number of rotatable bonds is 5. The minimum atomic E-state index is 0.0925. The van der Waals surface area contributed by atoms with Gasteiger partial charge in [0.2, 0.25) is 12.5 Å². The van der Waals surface area contributed by atoms with Crippen LogP contribution in [0.3, 0.4) is 0 Å². The summed E-state index contributed by atoms with van der Waals surface area (Å²) >= 11 is 0. The number of benzene rings is 1. The number of fused-ring (bicyclic) bond motifs is 1. The van der Waals surface area contributed by atoms with E-state index in [1.165, 1.54) is 32.4 Å². The third-order valence-electron chi connectivity index (χ3n) is 4.83. The lowest BCUT2D eigenvalue weighted by Gasteiger charge is -2.25. The Bertz CT molecular complexity index is 626. The fraction of sp³-hybridized carbons (Fsp3) is 0.611. The van der Waals surface area contributed by atoms with Gasteiger partial charge in [-0.25, -0.2) is 0 Å². The van der Waals surface area contributed by atoms with E-state index in [2.05, 4.69) is 10.1 Å². The van der Waals surface area contributed by atoms with Gasteiger partial charge in [-0.15, -0.1) is 0 Å². The van der Waals surface area contributed by atoms with Crippen LogP contribution in [0.15, 0.2) is 17.3 Å². The van der Waals surface area contributed by atoms with E-state index < -0.39 is 0 Å². The highest BCUT2D eigenvalue weighted by Gasteiger charge is 2.26. The van der Waals surface area contributed by atoms with Crippen molar-refractivity contribution in [2.24, 2.45) is 5.16 Å². The Balaban J connectivity index is 1.35. The fourth-order valence-corrected chi connectivity index (χ4v) is 3.63. The number of piperidine rings is 1. The molecular formula is C18H24N2O4. The van der Waals surface area contributed by atoms with Crippen molar-refractivity contribution in [3.63, 3.8) is 0 Å². The molecule has 130 valence electrons. The Kier molecular flexibility index (Phi) is 4.47. The average Bonchev–Trinajstić information content (AvgIpc) is 3.24. The molecule has 0 spiro atoms. The lowest BCUT2D eigenvalue weighted by molar-refractivity contribution is 0.0858. The first-order valence-electron chi connectivity index (χ1n) is 8.72. The molecule has 1 fully saturated rings. The van der Waals surface area contributed by atoms with Crippen molar-refractivity contribution >= 4 is 5.71 Å². The topological polar surface area (TPSA) is 52.5 Å². The number of nitrogens with zero attached hydrogens (tertiary/aromatic N) is 2. The van der Waals surface area contributed by atoms with E-state index in [1.54, 1.807) is 7.11 Å². The maximum atomic E-state index is 5.65. The highest BCUT2D eigenvalue weighted by molar-refractivity contribution is 5.87. The molecule has 0 unspecified atom stereocenters. The summed E-state index contributed by atoms with van der Waals surface area (Å²) in [6.45, 7) is 3.56. The monoisotopic (exact) mass is 332 g/mol. The summed E-state index contributed by atoms with van der Waals surface area (Å²) in [5.74, 6) is 2.15. The lowest BCUT2D eigenvalue weighted by Crippen LogP contribution is -2.34. The number of oxime groups is 1. The zero-order chi connectivity index (χ0) is 16.4. The van der Waals surface area contributed by atoms with Crippen molar-refractivity contribution in [3.8, 4) is 17.2 Å². The summed E-state index contributed by atoms with van der Waals surface area (Å²) in [6.07, 6.45) is 5.74. The van der Waals surface area contributed by atoms with Crippen molar-refractivity contribution in [2.45, 2.75) is 38.2 Å². The van der Waals surface area contributed by atoms with Crippen LogP contribution in [-0.4, -0.2) is 50.3 Å². The maximum Gasteiger partial charge on any atom is 0.231 e. The number of likely N-dealkylation sites (tertiary alicyclic amines) is 1. The predicted octanol–water partition coefficient (Wildman–Crippen LogP) is 2.60. The van der Waals surface area contributed by atoms with Crippen LogP contribution >= 0.6 is 0 Å². The normalized spacial score (nSPS) is 23.0. The highest BCUT2D eigenvalue weighted by Crippen LogP contribution is 2.42. The summed E-state index contributed by atoms with van der Waals surface area (Å²) in [5, 5.41) is 4.31. The SMILES string of the molecule is COc1cc(C[C@H]2CC(CN3CCCCC3)=NO2)cc2c1OCO2. The van der Waals surface area contributed by atoms with Crippen LogP contribution < -0.4 is 14.2 Å². The second-order valence-electron chi connectivity index (χ2n) is 6.66. The highest BCUT2D eigenvalue weighted by atomic mass is 16.7. The zero-order valence-corrected chi connectivity index (χ0v) is 14.1. The molecule has 0 radical (unpaired) electrons. The number of hydrogen-bond donors (Lipinski definition) is 0. The Morgan fingerprint density at radius 2 is 2.08 bits per heavy atom. The Labute approximate surface area is 142 Å². The van der Waals surface area contributed by atoms with E-state index in [0.717, 1.165) is 36.4 Å². The molecule has 1 saturated heterocycles. The summed E-state index contributed by atoms with van der Waals surface area (Å²) in [7, 11) is 1.65. The predicted molar refractivity (Wildman–Crippen MR) is 90.0 cm³/mol. The molecule has 3 aliphatic rings. The molecule has 24 heavy (non-hydrogen) atoms. The van der Waals surface area contributed by atoms with Gasteiger partial charge in [0, 0.05) is 19.4 Å². The van der Waals surface area contributed by atoms with Crippen LogP contribution in [0.4, 0.5) is 0 Å². The first kappa shape index (κ1) is 15.6. The molecule has 0 saturated carbocycles. The first-order valence-corrected chi connectivity index (χ1v) is 8.72. The van der Waals surface area contributed by atoms with Gasteiger partial charge in [-0.05, 0) is 43.6 Å². The number of methoxy groups -OCH3 is 1. The molecule has 0 N–H and O–H groups in total. The molecule has 0 bridgehead atoms. The van der Waals surface area contributed by atoms with Crippen molar-refractivity contribution < 1.29 is 19.0 Å². The summed E-state index contributed by atoms with van der Waals surface area (Å²) in [4.78, 5) is 8.14. The third kappa shape index (κ3) is 3.29. The molecule has 0 amide bonds. The zero-order valence-electron chi connectivity index (χ0n) is 14.1. The van der Waals surface area contributed by atoms with Gasteiger partial charge in [0.25, 0.3) is 0 Å². The number of ether oxygens (including phenoxy) is 3. The standard InChI is InChI=1S/C18H24N2O4/c1-21-16-8-13(9-17-18(16)23-12-22-17)7-15-10-14(19-24-15)11-20-5-3-2-4-6-20/h8-9,15H,2-7,10-12H2,1H3/t15-/m0/s1. The molecule has 3 heterocycles. The average molecular weight is 332 g/mol. The van der Waals surface area contributed by atoms with Crippen LogP contribution in [0.5, 0.6) is 17.2 Å². The third-order valence-corrected chi connectivity index (χ3v) is 4.83. The van der Waals surface area contributed by atoms with Crippen molar-refractivity contribution in [1.29, 1.82) is 0 Å². The van der Waals surface area contributed by atoms with E-state index in [4.69, 9.17) is 19.0 Å². The first-order chi connectivity index (χ1) is 11.8. The fourth-order valence-electron chi connectivity index (χ4n) is 3.63. The Hall–Kier alpha value is -1.95. The van der Waals surface area contributed by atoms with Gasteiger partial charge in [-0.2, -0.15) is 0 Å². The molecule has 1 aromatic carbocycles. The van der Waals surface area contributed by atoms with Gasteiger partial charge in [0.1, 0.15) is 6.10 Å². The van der Waals surface area contributed by atoms with E-state index >= 15 is 0 Å². The summed E-state index contributed by atoms with van der Waals surface area (Å²) in [6, 6.07) is 4.01. The Morgan fingerprint density at radius 3 is 2.92 bits per heavy atom. The van der Waals surface area contributed by atoms with Gasteiger partial charge in [-0.1, -0.05) is 11.6 Å². The summed E-state index contributed by atoms with van der Waals surface area (Å²) in [5.41, 5.74) is 2.28. The molecule has 0 aromatic heterocycles. The molecule has 1 atom stereocenters. The van der Waals surface area contributed by atoms with E-state index in [-0.39, 0.29) is 12.9 Å². The van der Waals surface area contributed by atoms with Crippen LogP contribution in [-0.2, 0) is 11.3 Å². The maximum absolute atomic E-state index is 5.65. The van der Waals surface area contributed by atoms with Gasteiger partial charge < -0.3 is 19.0 Å². The minimum Gasteiger partial charge on any atom is -0.493 e. The molecule has 1 aromatic rings. The largest absolute Gasteiger partial charge is 0.493 e. The van der Waals surface area contributed by atoms with Gasteiger partial charge in [-0.3, -0.25) is 4.90 Å². The van der Waals surface area contributed by atoms with E-state index in [9.17, 15) is 0 Å². The van der Waals surface area contributed by atoms with Crippen LogP contribution in [0, 0.1) is 0 Å². The molecule has 0 aliphatic carbocycles. The second kappa shape index (κ2) is 6.89. The minimum absolute atomic E-state index is 0.0925. The summed E-state index contributed by atoms with van der Waals surface area (Å²) < 4.78 is 16.3. The molecule has 6 heteroatoms. The van der Waals surface area contributed by atoms with Crippen LogP contribution in [0.1, 0.15) is 31.2 Å². The quantitative estimate of drug-likeness (QED) is 0.829. The molecule has 4 rings (SSSR count). The Morgan fingerprint density at radius 1 is 1.21 bits per heavy atom. The van der Waals surface area contributed by atoms with Crippen LogP contribution in [0.2, 0.25) is 0 Å². The van der Waals surface area contributed by atoms with Gasteiger partial charge in [0.05, 0.1) is 12.8 Å². The molecule has 6 nitrogen and oxygen atoms in total. The van der Waals surface area contributed by atoms with Crippen LogP contribution in [0.25, 0.3) is 0 Å². The van der Waals surface area contributed by atoms with Crippen molar-refractivity contribution in [2.75, 3.05) is 33.5 Å². The smallest absolute Gasteiger partial charge is 0.231 e. The van der Waals surface area contributed by atoms with E-state index in [1.807, 2.05) is 12.1 Å². The van der Waals surface area contributed by atoms with Gasteiger partial charge in [0.15, 0.2) is 11.5 Å². The molecule has 3 aliphatic heterocycles. The van der Waals surface area contributed by atoms with E-state index in [0.29, 0.717) is 11.5 Å². The second-order valence-corrected chi connectivity index (χ2v) is 6.66. The molecular weight excluding hydrogens is 308 g/mol. The lowest BCUT2D eigenvalue weighted by atomic mass is 10.0. The van der Waals surface area contributed by atoms with Crippen molar-refractivity contribution in [3.05, 3.63) is 17.7 Å². The number of hydrogen-bond acceptors (Lipinski definition) is 6. The van der Waals surface area contributed by atoms with Gasteiger partial charge >= 0.3 is 0 Å².